The summed E-state index contributed by atoms with van der Waals surface area (Å²) < 4.78 is 0. The van der Waals surface area contributed by atoms with E-state index in [1.807, 2.05) is 56.3 Å². The van der Waals surface area contributed by atoms with Crippen molar-refractivity contribution in [1.82, 2.24) is 20.2 Å². The molecule has 1 atom stereocenters. The molecule has 0 aliphatic heterocycles. The van der Waals surface area contributed by atoms with E-state index >= 15 is 0 Å². The van der Waals surface area contributed by atoms with Crippen LogP contribution in [0.4, 0.5) is 23.1 Å². The summed E-state index contributed by atoms with van der Waals surface area (Å²) in [6.07, 6.45) is 7.56. The van der Waals surface area contributed by atoms with Crippen molar-refractivity contribution in [2.75, 3.05) is 43.6 Å². The Morgan fingerprint density at radius 1 is 1.07 bits per heavy atom. The maximum Gasteiger partial charge on any atom is 0.257 e. The number of amides is 2. The Kier molecular flexibility index (Phi) is 10.9. The van der Waals surface area contributed by atoms with Gasteiger partial charge < -0.3 is 31.9 Å². The van der Waals surface area contributed by atoms with Crippen LogP contribution in [-0.4, -0.2) is 60.6 Å². The number of nitrogens with two attached hydrogens (primary N) is 1. The first-order valence-corrected chi connectivity index (χ1v) is 12.6. The van der Waals surface area contributed by atoms with Crippen molar-refractivity contribution in [3.05, 3.63) is 96.0 Å². The minimum Gasteiger partial charge on any atom is -0.403 e. The SMILES string of the molecule is CN=C/C(=C\N)Nc1ncc(C(=O)NC(C)c2ccccc2)c(Nc2cccc(NC(=O)/C=C/CN(C)C)c2)n1. The summed E-state index contributed by atoms with van der Waals surface area (Å²) in [7, 11) is 5.46. The fourth-order valence-corrected chi connectivity index (χ4v) is 3.55. The molecule has 40 heavy (non-hydrogen) atoms. The van der Waals surface area contributed by atoms with Gasteiger partial charge in [0.2, 0.25) is 11.9 Å². The number of likely N-dealkylation sites (N-methyl/N-ethyl adjacent to an activating group) is 1. The fourth-order valence-electron chi connectivity index (χ4n) is 3.55. The zero-order valence-electron chi connectivity index (χ0n) is 23.1. The number of hydrogen-bond donors (Lipinski definition) is 5. The number of anilines is 4. The molecule has 3 rings (SSSR count). The molecule has 1 aromatic heterocycles. The first-order valence-electron chi connectivity index (χ1n) is 12.6. The minimum absolute atomic E-state index is 0.210. The molecule has 11 heteroatoms. The number of carbonyl (C=O) groups excluding carboxylic acids is 2. The zero-order valence-corrected chi connectivity index (χ0v) is 23.1. The highest BCUT2D eigenvalue weighted by molar-refractivity contribution is 6.01. The Labute approximate surface area is 234 Å². The zero-order chi connectivity index (χ0) is 28.9. The van der Waals surface area contributed by atoms with Gasteiger partial charge in [0.15, 0.2) is 0 Å². The third kappa shape index (κ3) is 9.07. The number of hydrogen-bond acceptors (Lipinski definition) is 9. The van der Waals surface area contributed by atoms with Gasteiger partial charge in [-0.05, 0) is 44.8 Å². The molecule has 0 fully saturated rings. The van der Waals surface area contributed by atoms with E-state index in [1.54, 1.807) is 37.4 Å². The van der Waals surface area contributed by atoms with E-state index in [0.29, 0.717) is 23.6 Å². The number of nitrogens with one attached hydrogen (secondary N) is 4. The van der Waals surface area contributed by atoms with Crippen molar-refractivity contribution in [3.8, 4) is 0 Å². The lowest BCUT2D eigenvalue weighted by molar-refractivity contribution is -0.111. The molecule has 0 aliphatic rings. The van der Waals surface area contributed by atoms with Gasteiger partial charge in [-0.3, -0.25) is 14.6 Å². The number of aliphatic imine (C=N–C) groups is 1. The summed E-state index contributed by atoms with van der Waals surface area (Å²) in [6.45, 7) is 2.55. The lowest BCUT2D eigenvalue weighted by Gasteiger charge is -2.17. The Morgan fingerprint density at radius 2 is 1.82 bits per heavy atom. The van der Waals surface area contributed by atoms with Gasteiger partial charge in [0.25, 0.3) is 5.91 Å². The van der Waals surface area contributed by atoms with Gasteiger partial charge in [0.1, 0.15) is 11.4 Å². The number of benzene rings is 2. The van der Waals surface area contributed by atoms with Crippen LogP contribution in [0.5, 0.6) is 0 Å². The van der Waals surface area contributed by atoms with Crippen LogP contribution in [0.25, 0.3) is 0 Å². The van der Waals surface area contributed by atoms with E-state index in [1.165, 1.54) is 24.7 Å². The molecule has 0 saturated carbocycles. The standard InChI is InChI=1S/C29H35N9O2/c1-20(21-10-6-5-7-11-21)33-28(40)25-19-32-29(36-24(17-30)18-31-2)37-27(25)35-23-13-8-12-22(16-23)34-26(39)14-9-15-38(3)4/h5-14,16-20H,15,30H2,1-4H3,(H,33,40)(H,34,39)(H2,32,35,36,37)/b14-9+,24-17+,31-18?. The molecular weight excluding hydrogens is 506 g/mol. The van der Waals surface area contributed by atoms with Crippen LogP contribution >= 0.6 is 0 Å². The van der Waals surface area contributed by atoms with Gasteiger partial charge in [-0.15, -0.1) is 0 Å². The molecule has 11 nitrogen and oxygen atoms in total. The van der Waals surface area contributed by atoms with Gasteiger partial charge in [-0.25, -0.2) is 4.98 Å². The molecule has 3 aromatic rings. The highest BCUT2D eigenvalue weighted by Crippen LogP contribution is 2.24. The van der Waals surface area contributed by atoms with Crippen molar-refractivity contribution >= 4 is 41.2 Å². The number of carbonyl (C=O) groups is 2. The van der Waals surface area contributed by atoms with Gasteiger partial charge in [-0.1, -0.05) is 42.5 Å². The largest absolute Gasteiger partial charge is 0.403 e. The van der Waals surface area contributed by atoms with Crippen molar-refractivity contribution in [2.24, 2.45) is 10.7 Å². The molecule has 0 aliphatic carbocycles. The Hall–Kier alpha value is -5.03. The molecule has 0 radical (unpaired) electrons. The third-order valence-corrected chi connectivity index (χ3v) is 5.52. The lowest BCUT2D eigenvalue weighted by Crippen LogP contribution is -2.28. The van der Waals surface area contributed by atoms with Gasteiger partial charge in [0.05, 0.1) is 11.7 Å². The molecule has 1 unspecified atom stereocenters. The predicted molar refractivity (Wildman–Crippen MR) is 161 cm³/mol. The third-order valence-electron chi connectivity index (χ3n) is 5.52. The topological polar surface area (TPSA) is 150 Å². The molecule has 1 heterocycles. The smallest absolute Gasteiger partial charge is 0.257 e. The monoisotopic (exact) mass is 541 g/mol. The average molecular weight is 542 g/mol. The van der Waals surface area contributed by atoms with Crippen molar-refractivity contribution in [3.63, 3.8) is 0 Å². The summed E-state index contributed by atoms with van der Waals surface area (Å²) >= 11 is 0. The summed E-state index contributed by atoms with van der Waals surface area (Å²) in [6, 6.07) is 16.5. The lowest BCUT2D eigenvalue weighted by atomic mass is 10.1. The normalized spacial score (nSPS) is 12.5. The second kappa shape index (κ2) is 14.8. The van der Waals surface area contributed by atoms with Crippen molar-refractivity contribution < 1.29 is 9.59 Å². The van der Waals surface area contributed by atoms with Crippen LogP contribution in [0.15, 0.2) is 89.8 Å². The van der Waals surface area contributed by atoms with Crippen LogP contribution in [0.3, 0.4) is 0 Å². The molecular formula is C29H35N9O2. The van der Waals surface area contributed by atoms with Crippen LogP contribution in [0.2, 0.25) is 0 Å². The number of rotatable bonds is 12. The summed E-state index contributed by atoms with van der Waals surface area (Å²) in [4.78, 5) is 40.4. The summed E-state index contributed by atoms with van der Waals surface area (Å²) in [5, 5.41) is 12.0. The highest BCUT2D eigenvalue weighted by atomic mass is 16.2. The van der Waals surface area contributed by atoms with E-state index in [2.05, 4.69) is 36.2 Å². The molecule has 0 saturated heterocycles. The first-order chi connectivity index (χ1) is 19.3. The maximum absolute atomic E-state index is 13.3. The minimum atomic E-state index is -0.356. The summed E-state index contributed by atoms with van der Waals surface area (Å²) in [5.41, 5.74) is 8.53. The fraction of sp³-hybridized carbons (Fsp3) is 0.207. The Balaban J connectivity index is 1.87. The number of aromatic nitrogens is 2. The highest BCUT2D eigenvalue weighted by Gasteiger charge is 2.18. The van der Waals surface area contributed by atoms with Crippen LogP contribution in [-0.2, 0) is 4.79 Å². The molecule has 208 valence electrons. The van der Waals surface area contributed by atoms with E-state index in [0.717, 1.165) is 5.56 Å². The van der Waals surface area contributed by atoms with Gasteiger partial charge in [-0.2, -0.15) is 4.98 Å². The molecule has 6 N–H and O–H groups in total. The predicted octanol–water partition coefficient (Wildman–Crippen LogP) is 3.68. The van der Waals surface area contributed by atoms with E-state index in [9.17, 15) is 9.59 Å². The van der Waals surface area contributed by atoms with E-state index in [4.69, 9.17) is 5.73 Å². The van der Waals surface area contributed by atoms with E-state index < -0.39 is 0 Å². The second-order valence-electron chi connectivity index (χ2n) is 9.06. The van der Waals surface area contributed by atoms with Crippen molar-refractivity contribution in [2.45, 2.75) is 13.0 Å². The molecule has 0 spiro atoms. The molecule has 2 amide bonds. The van der Waals surface area contributed by atoms with Crippen LogP contribution in [0.1, 0.15) is 28.9 Å². The number of allylic oxidation sites excluding steroid dienone is 1. The Morgan fingerprint density at radius 3 is 2.52 bits per heavy atom. The van der Waals surface area contributed by atoms with Gasteiger partial charge >= 0.3 is 0 Å². The molecule has 2 aromatic carbocycles. The quantitative estimate of drug-likeness (QED) is 0.172. The van der Waals surface area contributed by atoms with E-state index in [-0.39, 0.29) is 35.2 Å². The van der Waals surface area contributed by atoms with Crippen LogP contribution < -0.4 is 27.0 Å². The first kappa shape index (κ1) is 29.5. The average Bonchev–Trinajstić information content (AvgIpc) is 2.93. The molecule has 0 bridgehead atoms. The summed E-state index contributed by atoms with van der Waals surface area (Å²) in [5.74, 6) is -0.136. The number of nitrogens with zero attached hydrogens (tertiary/aromatic N) is 4. The van der Waals surface area contributed by atoms with Crippen LogP contribution in [0, 0.1) is 0 Å². The maximum atomic E-state index is 13.3. The van der Waals surface area contributed by atoms with Gasteiger partial charge in [0, 0.05) is 49.7 Å². The van der Waals surface area contributed by atoms with Crippen molar-refractivity contribution in [1.29, 1.82) is 0 Å². The second-order valence-corrected chi connectivity index (χ2v) is 9.06. The Bertz CT molecular complexity index is 1390.